The highest BCUT2D eigenvalue weighted by Gasteiger charge is 2.62. The highest BCUT2D eigenvalue weighted by Crippen LogP contribution is 2.47. The second kappa shape index (κ2) is 15.6. The fraction of sp³-hybridized carbons (Fsp3) is 0.622. The van der Waals surface area contributed by atoms with E-state index in [9.17, 15) is 32.4 Å². The van der Waals surface area contributed by atoms with Gasteiger partial charge in [0.25, 0.3) is 5.91 Å². The van der Waals surface area contributed by atoms with E-state index < -0.39 is 80.2 Å². The molecule has 1 aromatic heterocycles. The number of carbonyl (C=O) groups is 5. The van der Waals surface area contributed by atoms with Crippen molar-refractivity contribution in [3.63, 3.8) is 0 Å². The predicted molar refractivity (Wildman–Crippen MR) is 198 cm³/mol. The number of fused-ring (bicyclic) bond motifs is 1. The van der Waals surface area contributed by atoms with Gasteiger partial charge in [-0.1, -0.05) is 48.0 Å². The number of benzene rings is 1. The molecule has 0 radical (unpaired) electrons. The highest BCUT2D eigenvalue weighted by molar-refractivity contribution is 7.91. The molecule has 0 bridgehead atoms. The number of likely N-dealkylation sites (tertiary alicyclic amines) is 1. The van der Waals surface area contributed by atoms with Crippen LogP contribution in [0.2, 0.25) is 0 Å². The van der Waals surface area contributed by atoms with E-state index >= 15 is 0 Å². The Hall–Kier alpha value is -4.67. The smallest absolute Gasteiger partial charge is 0.328 e. The molecule has 2 aromatic rings. The van der Waals surface area contributed by atoms with Gasteiger partial charge in [0.15, 0.2) is 0 Å². The molecule has 6 atom stereocenters. The third-order valence-corrected chi connectivity index (χ3v) is 12.2. The topological polar surface area (TPSA) is 211 Å². The molecule has 54 heavy (non-hydrogen) atoms. The van der Waals surface area contributed by atoms with Crippen LogP contribution in [0.25, 0.3) is 10.8 Å². The van der Waals surface area contributed by atoms with Crippen LogP contribution in [0.4, 0.5) is 4.79 Å². The summed E-state index contributed by atoms with van der Waals surface area (Å²) >= 11 is 0. The molecule has 2 saturated carbocycles. The van der Waals surface area contributed by atoms with Gasteiger partial charge in [0.2, 0.25) is 27.7 Å². The van der Waals surface area contributed by atoms with Crippen LogP contribution in [0.3, 0.4) is 0 Å². The minimum absolute atomic E-state index is 0.00147. The number of aromatic nitrogens is 1. The molecule has 0 spiro atoms. The number of hydrogen-bond acceptors (Lipinski definition) is 11. The van der Waals surface area contributed by atoms with Crippen molar-refractivity contribution in [1.29, 1.82) is 0 Å². The summed E-state index contributed by atoms with van der Waals surface area (Å²) in [5.74, 6) is -2.44. The molecule has 5 amide bonds. The number of rotatable bonds is 14. The molecule has 16 nitrogen and oxygen atoms in total. The monoisotopic (exact) mass is 772 g/mol. The number of pyridine rings is 1. The Kier molecular flexibility index (Phi) is 11.7. The van der Waals surface area contributed by atoms with Crippen molar-refractivity contribution in [2.45, 2.75) is 109 Å². The Morgan fingerprint density at radius 3 is 2.33 bits per heavy atom. The molecule has 5 rings (SSSR count). The van der Waals surface area contributed by atoms with E-state index in [1.807, 2.05) is 13.0 Å². The maximum atomic E-state index is 14.6. The number of esters is 1. The largest absolute Gasteiger partial charge is 0.497 e. The molecule has 4 N–H and O–H groups in total. The lowest BCUT2D eigenvalue weighted by molar-refractivity contribution is -0.144. The number of hydrogen-bond donors (Lipinski definition) is 4. The molecule has 3 aliphatic rings. The van der Waals surface area contributed by atoms with Crippen molar-refractivity contribution in [3.8, 4) is 11.6 Å². The van der Waals surface area contributed by atoms with Crippen molar-refractivity contribution in [2.24, 2.45) is 17.3 Å². The molecule has 0 unspecified atom stereocenters. The van der Waals surface area contributed by atoms with Gasteiger partial charge in [0.1, 0.15) is 35.5 Å². The van der Waals surface area contributed by atoms with Crippen LogP contribution in [0, 0.1) is 17.3 Å². The van der Waals surface area contributed by atoms with Crippen molar-refractivity contribution in [2.75, 3.05) is 20.8 Å². The number of urea groups is 1. The third kappa shape index (κ3) is 8.66. The number of methoxy groups -OCH3 is 2. The van der Waals surface area contributed by atoms with E-state index in [4.69, 9.17) is 14.2 Å². The zero-order valence-electron chi connectivity index (χ0n) is 32.1. The summed E-state index contributed by atoms with van der Waals surface area (Å²) in [6.45, 7) is 10.5. The second-order valence-electron chi connectivity index (χ2n) is 15.8. The summed E-state index contributed by atoms with van der Waals surface area (Å²) < 4.78 is 44.2. The molecule has 1 saturated heterocycles. The van der Waals surface area contributed by atoms with Crippen LogP contribution in [-0.2, 0) is 33.9 Å². The molecule has 1 aromatic carbocycles. The molecule has 17 heteroatoms. The SMILES string of the molecule is CC[C@@H]1C[C@]1(NC(=O)[C@@H]1C[C@@H](Oc2nccc3cc(OC)ccc23)CN1C(=O)[C@@H](NC(=O)N[C@H](C(=O)OC)C(C)C)C(C)(C)C)C(=O)NS(=O)(=O)C1CC1. The first kappa shape index (κ1) is 40.5. The van der Waals surface area contributed by atoms with Gasteiger partial charge in [0, 0.05) is 18.0 Å². The number of amides is 5. The number of nitrogens with zero attached hydrogens (tertiary/aromatic N) is 2. The van der Waals surface area contributed by atoms with E-state index in [0.29, 0.717) is 30.4 Å². The normalized spacial score (nSPS) is 23.6. The third-order valence-electron chi connectivity index (χ3n) is 10.4. The molecular weight excluding hydrogens is 721 g/mol. The highest BCUT2D eigenvalue weighted by atomic mass is 32.2. The summed E-state index contributed by atoms with van der Waals surface area (Å²) in [6, 6.07) is 3.05. The van der Waals surface area contributed by atoms with Crippen LogP contribution in [0.1, 0.15) is 73.6 Å². The van der Waals surface area contributed by atoms with Gasteiger partial charge in [-0.3, -0.25) is 19.1 Å². The molecular formula is C37H52N6O10S. The lowest BCUT2D eigenvalue weighted by Gasteiger charge is -2.36. The summed E-state index contributed by atoms with van der Waals surface area (Å²) in [5.41, 5.74) is -2.36. The standard InChI is InChI=1S/C37H52N6O10S/c1-9-22-18-37(22,34(47)42-54(49,50)25-11-12-25)41-30(44)27-17-24(53-31-26-13-10-23(51-7)16-21(26)14-15-38-31)19-43(27)32(45)29(36(4,5)6)40-35(48)39-28(20(2)3)33(46)52-8/h10,13-16,20,22,24-25,27-29H,9,11-12,17-19H2,1-8H3,(H,41,44)(H,42,47)(H2,39,40,48)/t22-,24-,27+,28+,29-,37-/m1/s1. The van der Waals surface area contributed by atoms with Gasteiger partial charge in [0.05, 0.1) is 26.0 Å². The maximum Gasteiger partial charge on any atom is 0.328 e. The Labute approximate surface area is 315 Å². The summed E-state index contributed by atoms with van der Waals surface area (Å²) in [4.78, 5) is 73.9. The summed E-state index contributed by atoms with van der Waals surface area (Å²) in [6.07, 6.45) is 2.48. The quantitative estimate of drug-likeness (QED) is 0.205. The molecule has 296 valence electrons. The Bertz CT molecular complexity index is 1890. The van der Waals surface area contributed by atoms with Gasteiger partial charge >= 0.3 is 12.0 Å². The van der Waals surface area contributed by atoms with Crippen LogP contribution >= 0.6 is 0 Å². The van der Waals surface area contributed by atoms with E-state index in [1.54, 1.807) is 66.1 Å². The minimum Gasteiger partial charge on any atom is -0.497 e. The average molecular weight is 773 g/mol. The first-order valence-electron chi connectivity index (χ1n) is 18.3. The van der Waals surface area contributed by atoms with Crippen molar-refractivity contribution >= 4 is 50.5 Å². The van der Waals surface area contributed by atoms with Gasteiger partial charge in [-0.2, -0.15) is 0 Å². The molecule has 3 fully saturated rings. The molecule has 2 heterocycles. The Balaban J connectivity index is 1.44. The number of ether oxygens (including phenoxy) is 3. The molecule has 2 aliphatic carbocycles. The van der Waals surface area contributed by atoms with E-state index in [2.05, 4.69) is 25.7 Å². The number of carbonyl (C=O) groups excluding carboxylic acids is 5. The lowest BCUT2D eigenvalue weighted by atomic mass is 9.85. The van der Waals surface area contributed by atoms with E-state index in [1.165, 1.54) is 12.0 Å². The van der Waals surface area contributed by atoms with Gasteiger partial charge in [-0.25, -0.2) is 23.0 Å². The number of sulfonamides is 1. The zero-order chi connectivity index (χ0) is 39.7. The summed E-state index contributed by atoms with van der Waals surface area (Å²) in [7, 11) is -1.12. The fourth-order valence-corrected chi connectivity index (χ4v) is 8.29. The average Bonchev–Trinajstić information content (AvgIpc) is 4.05. The molecule has 1 aliphatic heterocycles. The van der Waals surface area contributed by atoms with Gasteiger partial charge < -0.3 is 35.1 Å². The zero-order valence-corrected chi connectivity index (χ0v) is 32.9. The van der Waals surface area contributed by atoms with Crippen LogP contribution in [0.5, 0.6) is 11.6 Å². The predicted octanol–water partition coefficient (Wildman–Crippen LogP) is 2.40. The van der Waals surface area contributed by atoms with Crippen molar-refractivity contribution in [3.05, 3.63) is 30.5 Å². The van der Waals surface area contributed by atoms with Gasteiger partial charge in [-0.05, 0) is 66.2 Å². The first-order chi connectivity index (χ1) is 25.3. The minimum atomic E-state index is -3.89. The summed E-state index contributed by atoms with van der Waals surface area (Å²) in [5, 5.41) is 8.98. The fourth-order valence-electron chi connectivity index (χ4n) is 6.93. The number of nitrogens with one attached hydrogen (secondary N) is 4. The Morgan fingerprint density at radius 1 is 1.06 bits per heavy atom. The van der Waals surface area contributed by atoms with Crippen molar-refractivity contribution < 1.29 is 46.6 Å². The van der Waals surface area contributed by atoms with Crippen LogP contribution in [-0.4, -0.2) is 104 Å². The lowest BCUT2D eigenvalue weighted by Crippen LogP contribution is -2.61. The van der Waals surface area contributed by atoms with Crippen molar-refractivity contribution in [1.82, 2.24) is 30.6 Å². The Morgan fingerprint density at radius 2 is 1.76 bits per heavy atom. The van der Waals surface area contributed by atoms with Crippen LogP contribution < -0.4 is 30.1 Å². The van der Waals surface area contributed by atoms with Gasteiger partial charge in [-0.15, -0.1) is 0 Å². The second-order valence-corrected chi connectivity index (χ2v) is 17.8. The van der Waals surface area contributed by atoms with E-state index in [0.717, 1.165) is 5.39 Å². The maximum absolute atomic E-state index is 14.6. The van der Waals surface area contributed by atoms with Crippen LogP contribution in [0.15, 0.2) is 30.5 Å². The van der Waals surface area contributed by atoms with E-state index in [-0.39, 0.29) is 37.1 Å². The first-order valence-corrected chi connectivity index (χ1v) is 19.8.